The average molecular weight is 248 g/mol. The van der Waals surface area contributed by atoms with Crippen LogP contribution in [0.25, 0.3) is 0 Å². The molecule has 0 atom stereocenters. The monoisotopic (exact) mass is 247 g/mol. The van der Waals surface area contributed by atoms with Crippen LogP contribution in [-0.4, -0.2) is 16.3 Å². The van der Waals surface area contributed by atoms with Crippen molar-refractivity contribution in [3.63, 3.8) is 0 Å². The van der Waals surface area contributed by atoms with E-state index in [0.29, 0.717) is 10.6 Å². The van der Waals surface area contributed by atoms with Crippen LogP contribution in [-0.2, 0) is 0 Å². The Hall–Kier alpha value is -1.87. The Kier molecular flexibility index (Phi) is 3.40. The van der Waals surface area contributed by atoms with Gasteiger partial charge in [-0.15, -0.1) is 0 Å². The topological polar surface area (TPSA) is 47.1 Å². The number of halogens is 1. The third kappa shape index (κ3) is 3.04. The summed E-state index contributed by atoms with van der Waals surface area (Å²) in [7, 11) is 0. The molecule has 3 nitrogen and oxygen atoms in total. The number of aryl methyl sites for hydroxylation is 1. The summed E-state index contributed by atoms with van der Waals surface area (Å²) in [4.78, 5) is 7.30. The maximum atomic E-state index is 9.62. The standard InChI is InChI=1S/C13H11ClN2O/c1-9-3-2-4-13(16-9)15-8-10-7-11(14)5-6-12(10)17/h2-8,17H,1H3/p+1/b15-8+. The second-order valence-corrected chi connectivity index (χ2v) is 4.09. The molecule has 0 unspecified atom stereocenters. The molecular formula is C13H12ClN2O+. The second kappa shape index (κ2) is 4.97. The normalized spacial score (nSPS) is 10.9. The van der Waals surface area contributed by atoms with Gasteiger partial charge in [-0.1, -0.05) is 11.6 Å². The van der Waals surface area contributed by atoms with Crippen LogP contribution in [0.4, 0.5) is 5.82 Å². The number of hydrogen-bond donors (Lipinski definition) is 2. The number of rotatable bonds is 2. The molecule has 0 spiro atoms. The van der Waals surface area contributed by atoms with Crippen molar-refractivity contribution < 1.29 is 10.1 Å². The van der Waals surface area contributed by atoms with Crippen LogP contribution in [0.2, 0.25) is 5.02 Å². The summed E-state index contributed by atoms with van der Waals surface area (Å²) in [6.07, 6.45) is 1.67. The number of pyridine rings is 1. The van der Waals surface area contributed by atoms with Crippen LogP contribution in [0, 0.1) is 6.92 Å². The predicted molar refractivity (Wildman–Crippen MR) is 67.9 cm³/mol. The van der Waals surface area contributed by atoms with Crippen molar-refractivity contribution in [1.82, 2.24) is 4.98 Å². The number of benzene rings is 1. The van der Waals surface area contributed by atoms with Gasteiger partial charge in [0, 0.05) is 18.0 Å². The summed E-state index contributed by atoms with van der Waals surface area (Å²) in [5.41, 5.74) is 1.56. The van der Waals surface area contributed by atoms with Gasteiger partial charge in [0.1, 0.15) is 11.4 Å². The highest BCUT2D eigenvalue weighted by molar-refractivity contribution is 6.30. The van der Waals surface area contributed by atoms with E-state index in [1.807, 2.05) is 25.1 Å². The Bertz CT molecular complexity index is 567. The lowest BCUT2D eigenvalue weighted by Gasteiger charge is -1.96. The largest absolute Gasteiger partial charge is 0.507 e. The number of hydrogen-bond acceptors (Lipinski definition) is 2. The fourth-order valence-electron chi connectivity index (χ4n) is 1.42. The first kappa shape index (κ1) is 11.6. The molecule has 4 heteroatoms. The minimum atomic E-state index is 0.176. The lowest BCUT2D eigenvalue weighted by Crippen LogP contribution is -2.62. The lowest BCUT2D eigenvalue weighted by molar-refractivity contribution is -0.352. The van der Waals surface area contributed by atoms with Gasteiger partial charge in [0.05, 0.1) is 11.8 Å². The molecule has 1 aromatic carbocycles. The Morgan fingerprint density at radius 2 is 2.12 bits per heavy atom. The van der Waals surface area contributed by atoms with E-state index < -0.39 is 0 Å². The summed E-state index contributed by atoms with van der Waals surface area (Å²) >= 11 is 5.85. The van der Waals surface area contributed by atoms with Gasteiger partial charge in [-0.2, -0.15) is 0 Å². The molecule has 0 saturated carbocycles. The first-order valence-electron chi connectivity index (χ1n) is 5.17. The molecule has 1 heterocycles. The molecule has 2 N–H and O–H groups in total. The molecule has 0 radical (unpaired) electrons. The summed E-state index contributed by atoms with van der Waals surface area (Å²) in [6, 6.07) is 10.6. The maximum absolute atomic E-state index is 9.62. The smallest absolute Gasteiger partial charge is 0.321 e. The summed E-state index contributed by atoms with van der Waals surface area (Å²) < 4.78 is 0. The van der Waals surface area contributed by atoms with Crippen molar-refractivity contribution in [3.8, 4) is 5.75 Å². The highest BCUT2D eigenvalue weighted by Gasteiger charge is 2.02. The highest BCUT2D eigenvalue weighted by Crippen LogP contribution is 2.18. The van der Waals surface area contributed by atoms with E-state index in [-0.39, 0.29) is 5.75 Å². The van der Waals surface area contributed by atoms with E-state index in [1.165, 1.54) is 0 Å². The molecular weight excluding hydrogens is 236 g/mol. The van der Waals surface area contributed by atoms with Gasteiger partial charge in [0.25, 0.3) is 0 Å². The number of phenolic OH excluding ortho intramolecular Hbond substituents is 1. The molecule has 2 aromatic rings. The Morgan fingerprint density at radius 3 is 2.88 bits per heavy atom. The maximum Gasteiger partial charge on any atom is 0.321 e. The van der Waals surface area contributed by atoms with E-state index >= 15 is 0 Å². The van der Waals surface area contributed by atoms with E-state index in [1.54, 1.807) is 24.4 Å². The molecule has 0 aliphatic heterocycles. The quantitative estimate of drug-likeness (QED) is 0.792. The van der Waals surface area contributed by atoms with Gasteiger partial charge in [-0.05, 0) is 35.3 Å². The zero-order chi connectivity index (χ0) is 12.3. The fraction of sp³-hybridized carbons (Fsp3) is 0.0769. The van der Waals surface area contributed by atoms with Crippen molar-refractivity contribution in [2.75, 3.05) is 0 Å². The summed E-state index contributed by atoms with van der Waals surface area (Å²) in [6.45, 7) is 1.92. The number of phenols is 1. The lowest BCUT2D eigenvalue weighted by atomic mass is 10.2. The molecule has 86 valence electrons. The van der Waals surface area contributed by atoms with Crippen molar-refractivity contribution in [2.24, 2.45) is 0 Å². The Morgan fingerprint density at radius 1 is 1.29 bits per heavy atom. The SMILES string of the molecule is Cc1cccc(/[NH+]=C/c2cc(Cl)ccc2O)n1. The van der Waals surface area contributed by atoms with Gasteiger partial charge in [0.15, 0.2) is 0 Å². The second-order valence-electron chi connectivity index (χ2n) is 3.66. The molecule has 0 saturated heterocycles. The number of aromatic nitrogens is 1. The van der Waals surface area contributed by atoms with Crippen LogP contribution in [0.3, 0.4) is 0 Å². The zero-order valence-electron chi connectivity index (χ0n) is 9.31. The fourth-order valence-corrected chi connectivity index (χ4v) is 1.60. The molecule has 0 fully saturated rings. The minimum absolute atomic E-state index is 0.176. The number of nitrogens with zero attached hydrogens (tertiary/aromatic N) is 1. The minimum Gasteiger partial charge on any atom is -0.507 e. The van der Waals surface area contributed by atoms with Crippen LogP contribution < -0.4 is 4.99 Å². The summed E-state index contributed by atoms with van der Waals surface area (Å²) in [5, 5.41) is 10.2. The molecule has 2 rings (SSSR count). The highest BCUT2D eigenvalue weighted by atomic mass is 35.5. The van der Waals surface area contributed by atoms with Crippen LogP contribution >= 0.6 is 11.6 Å². The van der Waals surface area contributed by atoms with Crippen LogP contribution in [0.15, 0.2) is 36.4 Å². The molecule has 1 aromatic heterocycles. The third-order valence-corrected chi connectivity index (χ3v) is 2.49. The number of aromatic hydroxyl groups is 1. The molecule has 0 amide bonds. The van der Waals surface area contributed by atoms with Crippen molar-refractivity contribution in [2.45, 2.75) is 6.92 Å². The molecule has 0 aliphatic rings. The first-order valence-corrected chi connectivity index (χ1v) is 5.55. The van der Waals surface area contributed by atoms with Crippen molar-refractivity contribution >= 4 is 23.6 Å². The first-order chi connectivity index (χ1) is 8.15. The zero-order valence-corrected chi connectivity index (χ0v) is 10.1. The van der Waals surface area contributed by atoms with Gasteiger partial charge in [-0.3, -0.25) is 0 Å². The summed E-state index contributed by atoms with van der Waals surface area (Å²) in [5.74, 6) is 0.902. The Balaban J connectivity index is 2.29. The van der Waals surface area contributed by atoms with Crippen LogP contribution in [0.5, 0.6) is 5.75 Å². The van der Waals surface area contributed by atoms with E-state index in [2.05, 4.69) is 9.98 Å². The van der Waals surface area contributed by atoms with Crippen molar-refractivity contribution in [3.05, 3.63) is 52.7 Å². The van der Waals surface area contributed by atoms with E-state index in [0.717, 1.165) is 11.5 Å². The predicted octanol–water partition coefficient (Wildman–Crippen LogP) is 1.58. The van der Waals surface area contributed by atoms with Gasteiger partial charge < -0.3 is 5.11 Å². The molecule has 17 heavy (non-hydrogen) atoms. The van der Waals surface area contributed by atoms with Gasteiger partial charge in [-0.25, -0.2) is 4.99 Å². The number of nitrogens with one attached hydrogen (secondary N) is 1. The van der Waals surface area contributed by atoms with Gasteiger partial charge >= 0.3 is 5.82 Å². The van der Waals surface area contributed by atoms with E-state index in [4.69, 9.17) is 11.6 Å². The van der Waals surface area contributed by atoms with Crippen LogP contribution in [0.1, 0.15) is 11.3 Å². The Labute approximate surface area is 104 Å². The molecule has 0 bridgehead atoms. The van der Waals surface area contributed by atoms with Crippen molar-refractivity contribution in [1.29, 1.82) is 0 Å². The van der Waals surface area contributed by atoms with E-state index in [9.17, 15) is 5.11 Å². The third-order valence-electron chi connectivity index (χ3n) is 2.25. The van der Waals surface area contributed by atoms with Gasteiger partial charge in [0.2, 0.25) is 0 Å². The average Bonchev–Trinajstić information content (AvgIpc) is 2.30. The molecule has 0 aliphatic carbocycles.